The number of hydrogen-bond donors (Lipinski definition) is 1. The third-order valence-electron chi connectivity index (χ3n) is 6.69. The van der Waals surface area contributed by atoms with Crippen LogP contribution in [0.4, 0.5) is 4.39 Å². The van der Waals surface area contributed by atoms with Crippen LogP contribution in [0.5, 0.6) is 0 Å². The summed E-state index contributed by atoms with van der Waals surface area (Å²) < 4.78 is 19.8. The first kappa shape index (κ1) is 21.0. The van der Waals surface area contributed by atoms with Crippen molar-refractivity contribution in [2.45, 2.75) is 65.0 Å². The van der Waals surface area contributed by atoms with Gasteiger partial charge in [-0.25, -0.2) is 9.37 Å². The summed E-state index contributed by atoms with van der Waals surface area (Å²) in [7, 11) is 0. The first-order valence-corrected chi connectivity index (χ1v) is 11.2. The number of hydrogen-bond acceptors (Lipinski definition) is 4. The van der Waals surface area contributed by atoms with Gasteiger partial charge in [-0.1, -0.05) is 19.1 Å². The molecule has 0 bridgehead atoms. The van der Waals surface area contributed by atoms with Gasteiger partial charge in [-0.2, -0.15) is 0 Å². The van der Waals surface area contributed by atoms with Gasteiger partial charge in [0.25, 0.3) is 0 Å². The van der Waals surface area contributed by atoms with E-state index in [-0.39, 0.29) is 17.6 Å². The molecule has 0 radical (unpaired) electrons. The standard InChI is InChI=1S/C24H32FN3O2/c1-16-7-9-19(10-8-16)26-23(29)18-11-13-28(14-12-18)15-22-17(2)30-24(27-22)20-5-3-4-6-21(20)25/h3-6,16,18-19H,7-15H2,1-2H3,(H,26,29). The molecule has 1 amide bonds. The Morgan fingerprint density at radius 3 is 2.57 bits per heavy atom. The van der Waals surface area contributed by atoms with E-state index >= 15 is 0 Å². The molecule has 0 atom stereocenters. The molecule has 30 heavy (non-hydrogen) atoms. The second kappa shape index (κ2) is 9.29. The molecule has 1 N–H and O–H groups in total. The van der Waals surface area contributed by atoms with Crippen molar-refractivity contribution in [3.63, 3.8) is 0 Å². The van der Waals surface area contributed by atoms with Gasteiger partial charge in [0.1, 0.15) is 11.6 Å². The SMILES string of the molecule is Cc1oc(-c2ccccc2F)nc1CN1CCC(C(=O)NC2CCC(C)CC2)CC1. The summed E-state index contributed by atoms with van der Waals surface area (Å²) >= 11 is 0. The van der Waals surface area contributed by atoms with Crippen molar-refractivity contribution in [1.82, 2.24) is 15.2 Å². The second-order valence-corrected chi connectivity index (χ2v) is 9.02. The fourth-order valence-corrected chi connectivity index (χ4v) is 4.61. The summed E-state index contributed by atoms with van der Waals surface area (Å²) in [6.07, 6.45) is 6.39. The minimum Gasteiger partial charge on any atom is -0.441 e. The number of nitrogens with zero attached hydrogens (tertiary/aromatic N) is 2. The summed E-state index contributed by atoms with van der Waals surface area (Å²) in [5.74, 6) is 1.85. The highest BCUT2D eigenvalue weighted by molar-refractivity contribution is 5.79. The molecular formula is C24H32FN3O2. The van der Waals surface area contributed by atoms with Crippen LogP contribution in [-0.2, 0) is 11.3 Å². The zero-order valence-corrected chi connectivity index (χ0v) is 18.0. The monoisotopic (exact) mass is 413 g/mol. The molecule has 1 aromatic heterocycles. The third kappa shape index (κ3) is 4.91. The highest BCUT2D eigenvalue weighted by Gasteiger charge is 2.28. The lowest BCUT2D eigenvalue weighted by Crippen LogP contribution is -2.44. The molecule has 0 unspecified atom stereocenters. The number of piperidine rings is 1. The van der Waals surface area contributed by atoms with Crippen molar-refractivity contribution in [2.24, 2.45) is 11.8 Å². The molecule has 4 rings (SSSR count). The molecule has 162 valence electrons. The molecule has 2 aromatic rings. The van der Waals surface area contributed by atoms with Crippen LogP contribution in [0, 0.1) is 24.6 Å². The van der Waals surface area contributed by atoms with Gasteiger partial charge in [0.15, 0.2) is 0 Å². The molecule has 6 heteroatoms. The Balaban J connectivity index is 1.29. The average Bonchev–Trinajstić information content (AvgIpc) is 3.10. The van der Waals surface area contributed by atoms with Crippen LogP contribution >= 0.6 is 0 Å². The lowest BCUT2D eigenvalue weighted by molar-refractivity contribution is -0.127. The average molecular weight is 414 g/mol. The Bertz CT molecular complexity index is 865. The first-order chi connectivity index (χ1) is 14.5. The molecule has 1 aliphatic carbocycles. The Morgan fingerprint density at radius 2 is 1.87 bits per heavy atom. The molecule has 1 aliphatic heterocycles. The Labute approximate surface area is 178 Å². The largest absolute Gasteiger partial charge is 0.441 e. The number of nitrogens with one attached hydrogen (secondary N) is 1. The van der Waals surface area contributed by atoms with E-state index in [9.17, 15) is 9.18 Å². The van der Waals surface area contributed by atoms with Gasteiger partial charge in [0.2, 0.25) is 11.8 Å². The van der Waals surface area contributed by atoms with Gasteiger partial charge in [-0.15, -0.1) is 0 Å². The van der Waals surface area contributed by atoms with Crippen LogP contribution < -0.4 is 5.32 Å². The zero-order valence-electron chi connectivity index (χ0n) is 18.0. The number of likely N-dealkylation sites (tertiary alicyclic amines) is 1. The number of rotatable bonds is 5. The maximum absolute atomic E-state index is 14.0. The molecule has 2 heterocycles. The quantitative estimate of drug-likeness (QED) is 0.772. The van der Waals surface area contributed by atoms with E-state index in [1.165, 1.54) is 18.9 Å². The van der Waals surface area contributed by atoms with E-state index in [0.717, 1.165) is 56.1 Å². The molecule has 0 spiro atoms. The van der Waals surface area contributed by atoms with Crippen molar-refractivity contribution in [3.05, 3.63) is 41.5 Å². The summed E-state index contributed by atoms with van der Waals surface area (Å²) in [5, 5.41) is 3.29. The predicted molar refractivity (Wildman–Crippen MR) is 114 cm³/mol. The van der Waals surface area contributed by atoms with Gasteiger partial charge < -0.3 is 9.73 Å². The fraction of sp³-hybridized carbons (Fsp3) is 0.583. The normalized spacial score (nSPS) is 23.4. The number of oxazole rings is 1. The highest BCUT2D eigenvalue weighted by Crippen LogP contribution is 2.27. The van der Waals surface area contributed by atoms with Gasteiger partial charge >= 0.3 is 0 Å². The third-order valence-corrected chi connectivity index (χ3v) is 6.69. The summed E-state index contributed by atoms with van der Waals surface area (Å²) in [6, 6.07) is 6.90. The first-order valence-electron chi connectivity index (χ1n) is 11.2. The number of aryl methyl sites for hydroxylation is 1. The van der Waals surface area contributed by atoms with Crippen LogP contribution in [-0.4, -0.2) is 34.9 Å². The predicted octanol–water partition coefficient (Wildman–Crippen LogP) is 4.70. The number of carbonyl (C=O) groups is 1. The molecule has 1 saturated heterocycles. The fourth-order valence-electron chi connectivity index (χ4n) is 4.61. The number of halogens is 1. The number of carbonyl (C=O) groups excluding carboxylic acids is 1. The van der Waals surface area contributed by atoms with E-state index in [2.05, 4.69) is 22.1 Å². The minimum atomic E-state index is -0.329. The van der Waals surface area contributed by atoms with Crippen molar-refractivity contribution in [1.29, 1.82) is 0 Å². The van der Waals surface area contributed by atoms with Crippen molar-refractivity contribution in [2.75, 3.05) is 13.1 Å². The number of amides is 1. The van der Waals surface area contributed by atoms with Crippen molar-refractivity contribution < 1.29 is 13.6 Å². The van der Waals surface area contributed by atoms with E-state index in [1.54, 1.807) is 18.2 Å². The second-order valence-electron chi connectivity index (χ2n) is 9.02. The van der Waals surface area contributed by atoms with E-state index in [4.69, 9.17) is 4.42 Å². The Kier molecular flexibility index (Phi) is 6.52. The number of benzene rings is 1. The van der Waals surface area contributed by atoms with Crippen LogP contribution in [0.1, 0.15) is 56.9 Å². The lowest BCUT2D eigenvalue weighted by atomic mass is 9.86. The molecule has 2 fully saturated rings. The van der Waals surface area contributed by atoms with E-state index in [1.807, 2.05) is 6.92 Å². The molecular weight excluding hydrogens is 381 g/mol. The van der Waals surface area contributed by atoms with Gasteiger partial charge in [0, 0.05) is 18.5 Å². The molecule has 1 saturated carbocycles. The topological polar surface area (TPSA) is 58.4 Å². The van der Waals surface area contributed by atoms with Crippen molar-refractivity contribution in [3.8, 4) is 11.5 Å². The van der Waals surface area contributed by atoms with Crippen LogP contribution in [0.2, 0.25) is 0 Å². The molecule has 5 nitrogen and oxygen atoms in total. The maximum atomic E-state index is 14.0. The van der Waals surface area contributed by atoms with Gasteiger partial charge in [-0.05, 0) is 76.6 Å². The Morgan fingerprint density at radius 1 is 1.17 bits per heavy atom. The van der Waals surface area contributed by atoms with Gasteiger partial charge in [-0.3, -0.25) is 9.69 Å². The summed E-state index contributed by atoms with van der Waals surface area (Å²) in [5.41, 5.74) is 1.23. The molecule has 2 aliphatic rings. The number of aromatic nitrogens is 1. The lowest BCUT2D eigenvalue weighted by Gasteiger charge is -2.33. The maximum Gasteiger partial charge on any atom is 0.229 e. The van der Waals surface area contributed by atoms with Crippen molar-refractivity contribution >= 4 is 5.91 Å². The summed E-state index contributed by atoms with van der Waals surface area (Å²) in [4.78, 5) is 19.5. The summed E-state index contributed by atoms with van der Waals surface area (Å²) in [6.45, 7) is 6.56. The van der Waals surface area contributed by atoms with Crippen LogP contribution in [0.25, 0.3) is 11.5 Å². The zero-order chi connectivity index (χ0) is 21.1. The van der Waals surface area contributed by atoms with Crippen LogP contribution in [0.3, 0.4) is 0 Å². The highest BCUT2D eigenvalue weighted by atomic mass is 19.1. The Hall–Kier alpha value is -2.21. The smallest absolute Gasteiger partial charge is 0.229 e. The van der Waals surface area contributed by atoms with E-state index in [0.29, 0.717) is 24.0 Å². The van der Waals surface area contributed by atoms with Crippen LogP contribution in [0.15, 0.2) is 28.7 Å². The molecule has 1 aromatic carbocycles. The van der Waals surface area contributed by atoms with Gasteiger partial charge in [0.05, 0.1) is 11.3 Å². The van der Waals surface area contributed by atoms with E-state index < -0.39 is 0 Å². The minimum absolute atomic E-state index is 0.105.